The average molecular weight is 318 g/mol. The number of halogens is 1. The maximum Gasteiger partial charge on any atom is 0.468 e. The second-order valence-electron chi connectivity index (χ2n) is 4.09. The van der Waals surface area contributed by atoms with Crippen molar-refractivity contribution in [3.63, 3.8) is 0 Å². The summed E-state index contributed by atoms with van der Waals surface area (Å²) in [7, 11) is 0. The molecule has 0 fully saturated rings. The van der Waals surface area contributed by atoms with Gasteiger partial charge in [-0.15, -0.1) is 4.55 Å². The Balaban J connectivity index is 2.96. The Hall–Kier alpha value is 0.906. The van der Waals surface area contributed by atoms with Gasteiger partial charge in [-0.05, 0) is 12.8 Å². The predicted molar refractivity (Wildman–Crippen MR) is 78.8 cm³/mol. The Bertz CT molecular complexity index is 165. The van der Waals surface area contributed by atoms with Crippen LogP contribution in [0.4, 0.5) is 0 Å². The molecule has 0 rings (SSSR count). The average Bonchev–Trinajstić information content (AvgIpc) is 2.35. The molecule has 0 aromatic heterocycles. The molecule has 0 bridgehead atoms. The van der Waals surface area contributed by atoms with Gasteiger partial charge in [-0.2, -0.15) is 0 Å². The van der Waals surface area contributed by atoms with E-state index in [0.29, 0.717) is 6.79 Å². The van der Waals surface area contributed by atoms with Crippen LogP contribution in [0.3, 0.4) is 0 Å². The minimum absolute atomic E-state index is 0.0640. The maximum atomic E-state index is 5.38. The lowest BCUT2D eigenvalue weighted by atomic mass is 10.2. The Morgan fingerprint density at radius 2 is 1.76 bits per heavy atom. The van der Waals surface area contributed by atoms with Crippen LogP contribution in [0.15, 0.2) is 12.2 Å². The van der Waals surface area contributed by atoms with Crippen molar-refractivity contribution in [3.05, 3.63) is 12.2 Å². The van der Waals surface area contributed by atoms with Gasteiger partial charge in [0.1, 0.15) is 6.79 Å². The molecular weight excluding hydrogens is 292 g/mol. The fourth-order valence-corrected chi connectivity index (χ4v) is 2.75. The van der Waals surface area contributed by atoms with Crippen LogP contribution in [0.5, 0.6) is 0 Å². The van der Waals surface area contributed by atoms with Crippen LogP contribution in [-0.2, 0) is 9.47 Å². The summed E-state index contributed by atoms with van der Waals surface area (Å²) >= 11 is 3.61. The van der Waals surface area contributed by atoms with E-state index in [1.807, 2.05) is 0 Å². The Morgan fingerprint density at radius 3 is 2.53 bits per heavy atom. The van der Waals surface area contributed by atoms with E-state index >= 15 is 0 Å². The molecule has 4 heteroatoms. The van der Waals surface area contributed by atoms with Crippen molar-refractivity contribution in [1.82, 2.24) is 0 Å². The van der Waals surface area contributed by atoms with E-state index in [2.05, 4.69) is 32.0 Å². The van der Waals surface area contributed by atoms with Crippen molar-refractivity contribution in [2.75, 3.05) is 20.0 Å². The molecule has 0 saturated carbocycles. The number of unbranched alkanes of at least 4 members (excludes halogenated alkanes) is 3. The highest BCUT2D eigenvalue weighted by molar-refractivity contribution is 9.23. The molecule has 0 unspecified atom stereocenters. The summed E-state index contributed by atoms with van der Waals surface area (Å²) in [6.07, 6.45) is 11.7. The molecular formula is C13H25BrMgO2. The van der Waals surface area contributed by atoms with Crippen LogP contribution in [0, 0.1) is 0 Å². The van der Waals surface area contributed by atoms with E-state index < -0.39 is 0 Å². The van der Waals surface area contributed by atoms with Gasteiger partial charge in [-0.3, -0.25) is 0 Å². The summed E-state index contributed by atoms with van der Waals surface area (Å²) in [4.78, 5) is 0. The van der Waals surface area contributed by atoms with E-state index in [-0.39, 0.29) is 18.2 Å². The number of ether oxygens (including phenoxy) is 2. The fourth-order valence-electron chi connectivity index (χ4n) is 1.39. The number of hydrogen-bond donors (Lipinski definition) is 0. The van der Waals surface area contributed by atoms with Gasteiger partial charge in [0.25, 0.3) is 0 Å². The lowest BCUT2D eigenvalue weighted by molar-refractivity contribution is -0.0531. The third-order valence-electron chi connectivity index (χ3n) is 2.41. The zero-order valence-corrected chi connectivity index (χ0v) is 14.1. The van der Waals surface area contributed by atoms with Gasteiger partial charge in [0.05, 0.1) is 6.61 Å². The molecule has 0 aliphatic rings. The lowest BCUT2D eigenvalue weighted by Crippen LogP contribution is -2.02. The molecule has 0 N–H and O–H groups in total. The topological polar surface area (TPSA) is 18.5 Å². The van der Waals surface area contributed by atoms with E-state index in [4.69, 9.17) is 9.47 Å². The van der Waals surface area contributed by atoms with Gasteiger partial charge in [-0.1, -0.05) is 44.8 Å². The summed E-state index contributed by atoms with van der Waals surface area (Å²) in [5.41, 5.74) is 0. The zero-order valence-electron chi connectivity index (χ0n) is 11.1. The summed E-state index contributed by atoms with van der Waals surface area (Å²) in [5.74, 6) is 0. The van der Waals surface area contributed by atoms with Crippen LogP contribution in [-0.4, -0.2) is 38.2 Å². The van der Waals surface area contributed by atoms with Crippen molar-refractivity contribution in [2.45, 2.75) is 50.0 Å². The molecule has 2 nitrogen and oxygen atoms in total. The SMILES string of the molecule is CCCCCCOCOCC/C=C/C[CH2][Mg][Br]. The Labute approximate surface area is 122 Å². The molecule has 0 aliphatic heterocycles. The smallest absolute Gasteiger partial charge is 0.355 e. The number of hydrogen-bond acceptors (Lipinski definition) is 2. The molecule has 0 aromatic rings. The molecule has 0 amide bonds. The van der Waals surface area contributed by atoms with Crippen LogP contribution in [0.1, 0.15) is 45.4 Å². The first-order chi connectivity index (χ1) is 8.41. The van der Waals surface area contributed by atoms with Crippen molar-refractivity contribution in [3.8, 4) is 0 Å². The predicted octanol–water partition coefficient (Wildman–Crippen LogP) is 4.33. The monoisotopic (exact) mass is 316 g/mol. The van der Waals surface area contributed by atoms with E-state index in [0.717, 1.165) is 26.1 Å². The molecule has 17 heavy (non-hydrogen) atoms. The van der Waals surface area contributed by atoms with E-state index in [1.165, 1.54) is 30.2 Å². The van der Waals surface area contributed by atoms with Gasteiger partial charge < -0.3 is 22.4 Å². The molecule has 0 heterocycles. The quantitative estimate of drug-likeness (QED) is 0.218. The third kappa shape index (κ3) is 16.9. The van der Waals surface area contributed by atoms with Crippen molar-refractivity contribution in [1.29, 1.82) is 0 Å². The third-order valence-corrected chi connectivity index (χ3v) is 4.77. The van der Waals surface area contributed by atoms with Gasteiger partial charge in [0.2, 0.25) is 0 Å². The summed E-state index contributed by atoms with van der Waals surface area (Å²) in [6, 6.07) is 0. The van der Waals surface area contributed by atoms with Gasteiger partial charge >= 0.3 is 18.2 Å². The lowest BCUT2D eigenvalue weighted by Gasteiger charge is -2.04. The molecule has 0 saturated heterocycles. The molecule has 98 valence electrons. The fraction of sp³-hybridized carbons (Fsp3) is 0.846. The zero-order chi connectivity index (χ0) is 12.6. The molecule has 0 atom stereocenters. The molecule has 0 radical (unpaired) electrons. The molecule has 0 aliphatic carbocycles. The first kappa shape index (κ1) is 17.9. The van der Waals surface area contributed by atoms with Gasteiger partial charge in [0, 0.05) is 6.61 Å². The van der Waals surface area contributed by atoms with Crippen LogP contribution < -0.4 is 0 Å². The first-order valence-corrected chi connectivity index (χ1v) is 11.7. The minimum atomic E-state index is 0.0640. The van der Waals surface area contributed by atoms with E-state index in [1.54, 1.807) is 0 Å². The maximum absolute atomic E-state index is 5.38. The van der Waals surface area contributed by atoms with Crippen molar-refractivity contribution in [2.24, 2.45) is 0 Å². The largest absolute Gasteiger partial charge is 0.468 e. The second kappa shape index (κ2) is 16.9. The van der Waals surface area contributed by atoms with Gasteiger partial charge in [-0.25, -0.2) is 0 Å². The number of allylic oxidation sites excluding steroid dienone is 1. The highest BCUT2D eigenvalue weighted by Crippen LogP contribution is 1.99. The first-order valence-electron chi connectivity index (χ1n) is 6.78. The highest BCUT2D eigenvalue weighted by Gasteiger charge is 1.90. The van der Waals surface area contributed by atoms with Crippen molar-refractivity contribution < 1.29 is 9.47 Å². The van der Waals surface area contributed by atoms with E-state index in [9.17, 15) is 0 Å². The normalized spacial score (nSPS) is 10.9. The van der Waals surface area contributed by atoms with Gasteiger partial charge in [0.15, 0.2) is 0 Å². The van der Waals surface area contributed by atoms with Crippen LogP contribution >= 0.6 is 12.9 Å². The van der Waals surface area contributed by atoms with Crippen LogP contribution in [0.25, 0.3) is 0 Å². The summed E-state index contributed by atoms with van der Waals surface area (Å²) in [5, 5.41) is 0. The molecule has 0 aromatic carbocycles. The second-order valence-corrected chi connectivity index (χ2v) is 7.55. The summed E-state index contributed by atoms with van der Waals surface area (Å²) in [6.45, 7) is 4.29. The van der Waals surface area contributed by atoms with Crippen LogP contribution in [0.2, 0.25) is 4.55 Å². The molecule has 0 spiro atoms. The minimum Gasteiger partial charge on any atom is -0.355 e. The standard InChI is InChI=1S/C13H25O2.BrH.Mg/c1-3-5-7-9-11-14-13-15-12-10-8-6-4-2;;/h5,7H,1,3-4,6,8-13H2,2H3;1H;/q;;+1/p-1/b7-5+;;. The Kier molecular flexibility index (Phi) is 17.8. The Morgan fingerprint density at radius 1 is 1.00 bits per heavy atom. The summed E-state index contributed by atoms with van der Waals surface area (Å²) < 4.78 is 12.1. The number of rotatable bonds is 13. The van der Waals surface area contributed by atoms with Crippen molar-refractivity contribution >= 4 is 31.1 Å². The highest BCUT2D eigenvalue weighted by atomic mass is 79.9.